The molecule has 0 N–H and O–H groups in total. The van der Waals surface area contributed by atoms with E-state index in [1.54, 1.807) is 6.54 Å². The Morgan fingerprint density at radius 1 is 0.625 bits per heavy atom. The predicted molar refractivity (Wildman–Crippen MR) is 67.4 cm³/mol. The summed E-state index contributed by atoms with van der Waals surface area (Å²) >= 11 is -0.654. The third-order valence-electron chi connectivity index (χ3n) is 2.33. The predicted octanol–water partition coefficient (Wildman–Crippen LogP) is -1.04. The summed E-state index contributed by atoms with van der Waals surface area (Å²) in [5.74, 6) is 0. The Kier molecular flexibility index (Phi) is 5.65. The second-order valence-electron chi connectivity index (χ2n) is 3.78. The Bertz CT molecular complexity index is 388. The van der Waals surface area contributed by atoms with Crippen molar-refractivity contribution in [1.82, 2.24) is 0 Å². The van der Waals surface area contributed by atoms with Crippen LogP contribution in [0.15, 0.2) is 48.5 Å². The molecule has 0 fully saturated rings. The summed E-state index contributed by atoms with van der Waals surface area (Å²) in [7, 11) is 0. The van der Waals surface area contributed by atoms with Gasteiger partial charge in [-0.1, -0.05) is 0 Å². The molecule has 2 aromatic rings. The van der Waals surface area contributed by atoms with Crippen LogP contribution in [-0.4, -0.2) is 23.2 Å². The van der Waals surface area contributed by atoms with Gasteiger partial charge in [0.1, 0.15) is 0 Å². The molecule has 82 valence electrons. The second-order valence-corrected chi connectivity index (χ2v) is 8.67. The number of halogens is 1. The molecular formula is C14H14BiBr. The fraction of sp³-hybridized carbons (Fsp3) is 0.143. The van der Waals surface area contributed by atoms with E-state index in [4.69, 9.17) is 0 Å². The molecule has 2 rings (SSSR count). The first kappa shape index (κ1) is 13.9. The third-order valence-corrected chi connectivity index (χ3v) is 6.65. The minimum atomic E-state index is -0.654. The number of aryl methyl sites for hydroxylation is 2. The molecule has 0 saturated heterocycles. The van der Waals surface area contributed by atoms with Crippen molar-refractivity contribution in [2.45, 2.75) is 13.8 Å². The van der Waals surface area contributed by atoms with E-state index in [0.29, 0.717) is 0 Å². The Labute approximate surface area is 119 Å². The van der Waals surface area contributed by atoms with Crippen LogP contribution in [0.5, 0.6) is 0 Å². The molecule has 0 nitrogen and oxygen atoms in total. The fourth-order valence-corrected chi connectivity index (χ4v) is 4.86. The fourth-order valence-electron chi connectivity index (χ4n) is 1.39. The first-order chi connectivity index (χ1) is 7.24. The van der Waals surface area contributed by atoms with Crippen LogP contribution in [0, 0.1) is 13.8 Å². The molecule has 0 atom stereocenters. The topological polar surface area (TPSA) is 0 Å². The molecule has 0 unspecified atom stereocenters. The molecule has 0 aliphatic rings. The van der Waals surface area contributed by atoms with Crippen LogP contribution < -0.4 is 23.5 Å². The van der Waals surface area contributed by atoms with Crippen molar-refractivity contribution < 1.29 is 17.0 Å². The first-order valence-electron chi connectivity index (χ1n) is 5.09. The van der Waals surface area contributed by atoms with Crippen LogP contribution >= 0.6 is 0 Å². The first-order valence-corrected chi connectivity index (χ1v) is 8.57. The molecule has 0 amide bonds. The molecule has 0 aliphatic heterocycles. The zero-order chi connectivity index (χ0) is 10.7. The van der Waals surface area contributed by atoms with Gasteiger partial charge in [0.15, 0.2) is 0 Å². The normalized spacial score (nSPS) is 9.62. The van der Waals surface area contributed by atoms with Crippen molar-refractivity contribution in [3.8, 4) is 0 Å². The molecule has 16 heavy (non-hydrogen) atoms. The largest absolute Gasteiger partial charge is 1.00 e. The third kappa shape index (κ3) is 3.99. The van der Waals surface area contributed by atoms with Crippen LogP contribution in [0.1, 0.15) is 11.1 Å². The average Bonchev–Trinajstić information content (AvgIpc) is 2.25. The molecule has 2 heteroatoms. The van der Waals surface area contributed by atoms with E-state index in [0.717, 1.165) is 0 Å². The Balaban J connectivity index is 0.00000128. The zero-order valence-corrected chi connectivity index (χ0v) is 14.5. The molecule has 2 radical (unpaired) electrons. The van der Waals surface area contributed by atoms with Crippen LogP contribution in [0.25, 0.3) is 0 Å². The molecule has 0 saturated carbocycles. The van der Waals surface area contributed by atoms with Crippen molar-refractivity contribution >= 4 is 29.8 Å². The summed E-state index contributed by atoms with van der Waals surface area (Å²) in [6, 6.07) is 18.0. The van der Waals surface area contributed by atoms with Gasteiger partial charge in [0.05, 0.1) is 0 Å². The molecule has 0 aliphatic carbocycles. The maximum absolute atomic E-state index is 2.28. The summed E-state index contributed by atoms with van der Waals surface area (Å²) < 4.78 is 3.12. The number of hydrogen-bond acceptors (Lipinski definition) is 0. The Morgan fingerprint density at radius 3 is 1.25 bits per heavy atom. The minimum absolute atomic E-state index is 0. The van der Waals surface area contributed by atoms with E-state index < -0.39 is 23.2 Å². The van der Waals surface area contributed by atoms with Crippen molar-refractivity contribution in [3.05, 3.63) is 59.7 Å². The molecule has 0 heterocycles. The van der Waals surface area contributed by atoms with E-state index in [1.165, 1.54) is 11.1 Å². The van der Waals surface area contributed by atoms with Crippen molar-refractivity contribution in [2.75, 3.05) is 0 Å². The smallest absolute Gasteiger partial charge is 1.00 e. The summed E-state index contributed by atoms with van der Waals surface area (Å²) in [5.41, 5.74) is 2.70. The van der Waals surface area contributed by atoms with Gasteiger partial charge in [0.2, 0.25) is 0 Å². The van der Waals surface area contributed by atoms with Gasteiger partial charge < -0.3 is 17.0 Å². The van der Waals surface area contributed by atoms with Gasteiger partial charge in [-0.2, -0.15) is 0 Å². The number of benzene rings is 2. The molecular weight excluding hydrogens is 457 g/mol. The summed E-state index contributed by atoms with van der Waals surface area (Å²) in [6.07, 6.45) is 0. The number of hydrogen-bond donors (Lipinski definition) is 0. The van der Waals surface area contributed by atoms with Gasteiger partial charge in [-0.05, 0) is 0 Å². The molecule has 2 aromatic carbocycles. The van der Waals surface area contributed by atoms with Crippen molar-refractivity contribution in [3.63, 3.8) is 0 Å². The van der Waals surface area contributed by atoms with Gasteiger partial charge in [0.25, 0.3) is 0 Å². The maximum atomic E-state index is 2.28. The van der Waals surface area contributed by atoms with Crippen LogP contribution in [-0.2, 0) is 0 Å². The molecule has 0 bridgehead atoms. The van der Waals surface area contributed by atoms with E-state index in [1.807, 2.05) is 0 Å². The average molecular weight is 471 g/mol. The van der Waals surface area contributed by atoms with Crippen molar-refractivity contribution in [2.24, 2.45) is 0 Å². The van der Waals surface area contributed by atoms with E-state index in [2.05, 4.69) is 62.4 Å². The van der Waals surface area contributed by atoms with Gasteiger partial charge in [-0.25, -0.2) is 0 Å². The summed E-state index contributed by atoms with van der Waals surface area (Å²) in [4.78, 5) is 0. The standard InChI is InChI=1S/2C7H7.Bi.BrH/c2*1-7-5-3-2-4-6-7;;/h2*3-6H,1H3;;1H/q;;+1;/p-1. The van der Waals surface area contributed by atoms with Gasteiger partial charge >= 0.3 is 103 Å². The van der Waals surface area contributed by atoms with Crippen molar-refractivity contribution in [1.29, 1.82) is 0 Å². The summed E-state index contributed by atoms with van der Waals surface area (Å²) in [5, 5.41) is 0. The SMILES string of the molecule is Cc1cc[c]([Bi+][c]2ccc(C)cc2)cc1.[Br-]. The van der Waals surface area contributed by atoms with E-state index >= 15 is 0 Å². The van der Waals surface area contributed by atoms with Gasteiger partial charge in [-0.3, -0.25) is 0 Å². The Hall–Kier alpha value is -0.197. The van der Waals surface area contributed by atoms with Gasteiger partial charge in [0, 0.05) is 0 Å². The summed E-state index contributed by atoms with van der Waals surface area (Å²) in [6.45, 7) is 4.28. The molecule has 0 aromatic heterocycles. The second kappa shape index (κ2) is 6.52. The monoisotopic (exact) mass is 470 g/mol. The molecule has 0 spiro atoms. The van der Waals surface area contributed by atoms with Crippen LogP contribution in [0.3, 0.4) is 0 Å². The van der Waals surface area contributed by atoms with Gasteiger partial charge in [-0.15, -0.1) is 0 Å². The van der Waals surface area contributed by atoms with Crippen LogP contribution in [0.4, 0.5) is 0 Å². The quantitative estimate of drug-likeness (QED) is 0.492. The van der Waals surface area contributed by atoms with E-state index in [9.17, 15) is 0 Å². The Morgan fingerprint density at radius 2 is 0.938 bits per heavy atom. The minimum Gasteiger partial charge on any atom is -1.00 e. The maximum Gasteiger partial charge on any atom is -1.00 e. The van der Waals surface area contributed by atoms with Crippen LogP contribution in [0.2, 0.25) is 0 Å². The number of rotatable bonds is 2. The van der Waals surface area contributed by atoms with E-state index in [-0.39, 0.29) is 17.0 Å². The zero-order valence-electron chi connectivity index (χ0n) is 9.44.